The Balaban J connectivity index is 2.86. The van der Waals surface area contributed by atoms with Gasteiger partial charge in [-0.15, -0.1) is 0 Å². The van der Waals surface area contributed by atoms with Gasteiger partial charge in [0.1, 0.15) is 0 Å². The average molecular weight is 169 g/mol. The van der Waals surface area contributed by atoms with E-state index in [9.17, 15) is 0 Å². The molecule has 0 atom stereocenters. The predicted molar refractivity (Wildman–Crippen MR) is 49.6 cm³/mol. The Morgan fingerprint density at radius 1 is 1.55 bits per heavy atom. The summed E-state index contributed by atoms with van der Waals surface area (Å²) < 4.78 is 0. The van der Waals surface area contributed by atoms with Crippen LogP contribution in [-0.2, 0) is 0 Å². The Morgan fingerprint density at radius 3 is 2.82 bits per heavy atom. The Bertz CT molecular complexity index is 245. The van der Waals surface area contributed by atoms with Crippen LogP contribution in [0.3, 0.4) is 0 Å². The Kier molecular flexibility index (Phi) is 2.77. The van der Waals surface area contributed by atoms with Crippen molar-refractivity contribution in [3.05, 3.63) is 35.2 Å². The van der Waals surface area contributed by atoms with E-state index < -0.39 is 0 Å². The molecule has 0 heterocycles. The SMILES string of the molecule is CC[CH]c1ccc(Cl)c(N)c1. The molecule has 0 spiro atoms. The normalized spacial score (nSPS) is 10.0. The van der Waals surface area contributed by atoms with Crippen molar-refractivity contribution in [1.29, 1.82) is 0 Å². The van der Waals surface area contributed by atoms with E-state index in [1.54, 1.807) is 0 Å². The van der Waals surface area contributed by atoms with Crippen molar-refractivity contribution < 1.29 is 0 Å². The van der Waals surface area contributed by atoms with Gasteiger partial charge in [0.05, 0.1) is 10.7 Å². The van der Waals surface area contributed by atoms with E-state index in [-0.39, 0.29) is 0 Å². The maximum absolute atomic E-state index is 5.74. The third-order valence-electron chi connectivity index (χ3n) is 1.46. The Labute approximate surface area is 72.2 Å². The monoisotopic (exact) mass is 168 g/mol. The summed E-state index contributed by atoms with van der Waals surface area (Å²) in [4.78, 5) is 0. The van der Waals surface area contributed by atoms with Crippen molar-refractivity contribution in [3.63, 3.8) is 0 Å². The second-order valence-electron chi connectivity index (χ2n) is 2.39. The number of rotatable bonds is 2. The summed E-state index contributed by atoms with van der Waals surface area (Å²) in [6, 6.07) is 5.66. The molecule has 0 unspecified atom stereocenters. The maximum atomic E-state index is 5.74. The molecule has 0 aromatic heterocycles. The molecule has 0 aliphatic heterocycles. The van der Waals surface area contributed by atoms with Gasteiger partial charge in [0.25, 0.3) is 0 Å². The summed E-state index contributed by atoms with van der Waals surface area (Å²) >= 11 is 5.74. The van der Waals surface area contributed by atoms with Crippen molar-refractivity contribution in [3.8, 4) is 0 Å². The van der Waals surface area contributed by atoms with Crippen LogP contribution in [0, 0.1) is 6.42 Å². The third kappa shape index (κ3) is 2.12. The first-order valence-corrected chi connectivity index (χ1v) is 4.00. The smallest absolute Gasteiger partial charge is 0.0635 e. The quantitative estimate of drug-likeness (QED) is 0.676. The molecular formula is C9H11ClN. The van der Waals surface area contributed by atoms with E-state index >= 15 is 0 Å². The zero-order chi connectivity index (χ0) is 8.27. The van der Waals surface area contributed by atoms with Crippen molar-refractivity contribution in [1.82, 2.24) is 0 Å². The molecule has 1 radical (unpaired) electrons. The number of halogens is 1. The van der Waals surface area contributed by atoms with Crippen molar-refractivity contribution in [2.45, 2.75) is 13.3 Å². The second-order valence-corrected chi connectivity index (χ2v) is 2.80. The highest BCUT2D eigenvalue weighted by molar-refractivity contribution is 6.33. The largest absolute Gasteiger partial charge is 0.398 e. The van der Waals surface area contributed by atoms with Gasteiger partial charge in [-0.1, -0.05) is 24.6 Å². The molecule has 1 aromatic carbocycles. The van der Waals surface area contributed by atoms with Crippen molar-refractivity contribution in [2.24, 2.45) is 0 Å². The molecule has 2 N–H and O–H groups in total. The Morgan fingerprint density at radius 2 is 2.27 bits per heavy atom. The van der Waals surface area contributed by atoms with Crippen LogP contribution in [0.15, 0.2) is 18.2 Å². The van der Waals surface area contributed by atoms with Gasteiger partial charge >= 0.3 is 0 Å². The van der Waals surface area contributed by atoms with Gasteiger partial charge in [0, 0.05) is 0 Å². The molecule has 1 nitrogen and oxygen atoms in total. The number of anilines is 1. The molecule has 1 aromatic rings. The number of nitrogens with two attached hydrogens (primary N) is 1. The lowest BCUT2D eigenvalue weighted by atomic mass is 10.1. The molecule has 0 saturated heterocycles. The summed E-state index contributed by atoms with van der Waals surface area (Å²) in [5.74, 6) is 0. The molecule has 0 fully saturated rings. The number of hydrogen-bond acceptors (Lipinski definition) is 1. The topological polar surface area (TPSA) is 26.0 Å². The minimum atomic E-state index is 0.623. The van der Waals surface area contributed by atoms with Gasteiger partial charge in [-0.3, -0.25) is 0 Å². The molecule has 1 rings (SSSR count). The zero-order valence-corrected chi connectivity index (χ0v) is 7.23. The van der Waals surface area contributed by atoms with Crippen molar-refractivity contribution in [2.75, 3.05) is 5.73 Å². The highest BCUT2D eigenvalue weighted by Crippen LogP contribution is 2.20. The van der Waals surface area contributed by atoms with E-state index in [2.05, 4.69) is 13.3 Å². The number of hydrogen-bond donors (Lipinski definition) is 1. The predicted octanol–water partition coefficient (Wildman–Crippen LogP) is 2.88. The zero-order valence-electron chi connectivity index (χ0n) is 6.47. The molecule has 0 aliphatic rings. The average Bonchev–Trinajstić information content (AvgIpc) is 1.98. The van der Waals surface area contributed by atoms with Gasteiger partial charge in [0.2, 0.25) is 0 Å². The lowest BCUT2D eigenvalue weighted by molar-refractivity contribution is 1.12. The standard InChI is InChI=1S/C9H11ClN/c1-2-3-7-4-5-8(10)9(11)6-7/h3-6H,2,11H2,1H3. The highest BCUT2D eigenvalue weighted by atomic mass is 35.5. The van der Waals surface area contributed by atoms with E-state index in [0.717, 1.165) is 12.0 Å². The second kappa shape index (κ2) is 3.63. The lowest BCUT2D eigenvalue weighted by Crippen LogP contribution is -1.88. The number of nitrogen functional groups attached to an aromatic ring is 1. The van der Waals surface area contributed by atoms with Crippen LogP contribution in [-0.4, -0.2) is 0 Å². The molecule has 0 amide bonds. The summed E-state index contributed by atoms with van der Waals surface area (Å²) in [5, 5.41) is 0.623. The summed E-state index contributed by atoms with van der Waals surface area (Å²) in [5.41, 5.74) is 7.38. The van der Waals surface area contributed by atoms with Crippen LogP contribution in [0.2, 0.25) is 5.02 Å². The van der Waals surface area contributed by atoms with E-state index in [1.165, 1.54) is 0 Å². The lowest BCUT2D eigenvalue weighted by Gasteiger charge is -2.00. The minimum Gasteiger partial charge on any atom is -0.398 e. The first kappa shape index (κ1) is 8.41. The molecule has 0 aliphatic carbocycles. The molecule has 11 heavy (non-hydrogen) atoms. The fraction of sp³-hybridized carbons (Fsp3) is 0.222. The van der Waals surface area contributed by atoms with E-state index in [1.807, 2.05) is 18.2 Å². The third-order valence-corrected chi connectivity index (χ3v) is 1.80. The van der Waals surface area contributed by atoms with E-state index in [4.69, 9.17) is 17.3 Å². The van der Waals surface area contributed by atoms with Crippen LogP contribution in [0.25, 0.3) is 0 Å². The van der Waals surface area contributed by atoms with E-state index in [0.29, 0.717) is 10.7 Å². The van der Waals surface area contributed by atoms with Gasteiger partial charge < -0.3 is 5.73 Å². The van der Waals surface area contributed by atoms with Gasteiger partial charge in [-0.05, 0) is 30.5 Å². The number of benzene rings is 1. The Hall–Kier alpha value is -0.690. The maximum Gasteiger partial charge on any atom is 0.0635 e. The van der Waals surface area contributed by atoms with Crippen LogP contribution in [0.4, 0.5) is 5.69 Å². The summed E-state index contributed by atoms with van der Waals surface area (Å²) in [7, 11) is 0. The first-order chi connectivity index (χ1) is 5.24. The van der Waals surface area contributed by atoms with Gasteiger partial charge in [-0.25, -0.2) is 0 Å². The molecule has 0 saturated carbocycles. The van der Waals surface area contributed by atoms with Crippen LogP contribution >= 0.6 is 11.6 Å². The fourth-order valence-electron chi connectivity index (χ4n) is 0.925. The highest BCUT2D eigenvalue weighted by Gasteiger charge is 1.96. The van der Waals surface area contributed by atoms with Crippen molar-refractivity contribution >= 4 is 17.3 Å². The molecule has 59 valence electrons. The van der Waals surface area contributed by atoms with Gasteiger partial charge in [-0.2, -0.15) is 0 Å². The summed E-state index contributed by atoms with van der Waals surface area (Å²) in [6.45, 7) is 2.09. The minimum absolute atomic E-state index is 0.623. The van der Waals surface area contributed by atoms with Crippen LogP contribution < -0.4 is 5.73 Å². The van der Waals surface area contributed by atoms with Gasteiger partial charge in [0.15, 0.2) is 0 Å². The molecular weight excluding hydrogens is 158 g/mol. The van der Waals surface area contributed by atoms with Crippen LogP contribution in [0.1, 0.15) is 18.9 Å². The fourth-order valence-corrected chi connectivity index (χ4v) is 1.04. The summed E-state index contributed by atoms with van der Waals surface area (Å²) in [6.07, 6.45) is 3.12. The molecule has 0 bridgehead atoms. The molecule has 2 heteroatoms. The van der Waals surface area contributed by atoms with Crippen LogP contribution in [0.5, 0.6) is 0 Å². The first-order valence-electron chi connectivity index (χ1n) is 3.62.